The number of nitrogens with one attached hydrogen (secondary N) is 1. The molecule has 152 valence electrons. The van der Waals surface area contributed by atoms with Gasteiger partial charge in [0.2, 0.25) is 0 Å². The largest absolute Gasteiger partial charge is 0.483 e. The van der Waals surface area contributed by atoms with E-state index in [1.165, 1.54) is 13.2 Å². The fraction of sp³-hybridized carbons (Fsp3) is 0.190. The standard InChI is InChI=1S/C21H20BrNO6/c1-3-28-20(25)11-6-14-4-8-16(9-5-14)23-19(24)13-29-18-10-7-15(12-17(18)22)21(26)27-2/h4-12H,3,13H2,1-2H3,(H,23,24)/b11-6+. The van der Waals surface area contributed by atoms with Gasteiger partial charge in [-0.15, -0.1) is 0 Å². The molecule has 0 atom stereocenters. The van der Waals surface area contributed by atoms with Crippen LogP contribution in [0.15, 0.2) is 53.0 Å². The van der Waals surface area contributed by atoms with Gasteiger partial charge in [0.25, 0.3) is 5.91 Å². The zero-order valence-corrected chi connectivity index (χ0v) is 17.5. The van der Waals surface area contributed by atoms with E-state index in [0.717, 1.165) is 5.56 Å². The lowest BCUT2D eigenvalue weighted by atomic mass is 10.2. The van der Waals surface area contributed by atoms with Gasteiger partial charge in [0.15, 0.2) is 6.61 Å². The Balaban J connectivity index is 1.88. The molecule has 0 heterocycles. The summed E-state index contributed by atoms with van der Waals surface area (Å²) in [6, 6.07) is 11.6. The van der Waals surface area contributed by atoms with E-state index in [-0.39, 0.29) is 12.5 Å². The maximum atomic E-state index is 12.1. The maximum Gasteiger partial charge on any atom is 0.337 e. The molecular formula is C21H20BrNO6. The van der Waals surface area contributed by atoms with Crippen molar-refractivity contribution < 1.29 is 28.6 Å². The Morgan fingerprint density at radius 3 is 2.45 bits per heavy atom. The minimum absolute atomic E-state index is 0.208. The number of methoxy groups -OCH3 is 1. The summed E-state index contributed by atoms with van der Waals surface area (Å²) in [5, 5.41) is 2.71. The lowest BCUT2D eigenvalue weighted by molar-refractivity contribution is -0.137. The highest BCUT2D eigenvalue weighted by Gasteiger charge is 2.11. The van der Waals surface area contributed by atoms with Gasteiger partial charge in [0.05, 0.1) is 23.8 Å². The van der Waals surface area contributed by atoms with E-state index in [4.69, 9.17) is 9.47 Å². The molecule has 0 fully saturated rings. The quantitative estimate of drug-likeness (QED) is 0.474. The van der Waals surface area contributed by atoms with E-state index < -0.39 is 11.9 Å². The Labute approximate surface area is 176 Å². The molecule has 1 N–H and O–H groups in total. The Bertz CT molecular complexity index is 908. The van der Waals surface area contributed by atoms with Crippen LogP contribution in [0.2, 0.25) is 0 Å². The topological polar surface area (TPSA) is 90.9 Å². The second-order valence-electron chi connectivity index (χ2n) is 5.68. The molecule has 0 bridgehead atoms. The Morgan fingerprint density at radius 1 is 1.10 bits per heavy atom. The molecule has 2 aromatic rings. The predicted molar refractivity (Wildman–Crippen MR) is 112 cm³/mol. The second kappa shape index (κ2) is 11.0. The molecule has 0 aromatic heterocycles. The number of hydrogen-bond donors (Lipinski definition) is 1. The van der Waals surface area contributed by atoms with Gasteiger partial charge in [0.1, 0.15) is 5.75 Å². The van der Waals surface area contributed by atoms with Crippen molar-refractivity contribution in [2.24, 2.45) is 0 Å². The number of carbonyl (C=O) groups is 3. The van der Waals surface area contributed by atoms with Crippen LogP contribution in [0.4, 0.5) is 5.69 Å². The third-order valence-corrected chi connectivity index (χ3v) is 4.22. The van der Waals surface area contributed by atoms with Crippen molar-refractivity contribution >= 4 is 45.5 Å². The van der Waals surface area contributed by atoms with Crippen molar-refractivity contribution in [3.63, 3.8) is 0 Å². The van der Waals surface area contributed by atoms with Crippen molar-refractivity contribution in [2.45, 2.75) is 6.92 Å². The molecule has 0 saturated heterocycles. The summed E-state index contributed by atoms with van der Waals surface area (Å²) in [6.45, 7) is 1.85. The highest BCUT2D eigenvalue weighted by Crippen LogP contribution is 2.26. The van der Waals surface area contributed by atoms with Crippen LogP contribution in [-0.2, 0) is 19.1 Å². The number of rotatable bonds is 8. The number of esters is 2. The van der Waals surface area contributed by atoms with E-state index in [9.17, 15) is 14.4 Å². The Hall–Kier alpha value is -3.13. The molecule has 0 aliphatic rings. The number of carbonyl (C=O) groups excluding carboxylic acids is 3. The first-order valence-corrected chi connectivity index (χ1v) is 9.47. The van der Waals surface area contributed by atoms with Crippen LogP contribution in [-0.4, -0.2) is 38.2 Å². The van der Waals surface area contributed by atoms with E-state index in [1.807, 2.05) is 0 Å². The predicted octanol–water partition coefficient (Wildman–Crippen LogP) is 3.83. The van der Waals surface area contributed by atoms with Crippen LogP contribution >= 0.6 is 15.9 Å². The number of halogens is 1. The first kappa shape index (κ1) is 22.2. The minimum atomic E-state index is -0.462. The average Bonchev–Trinajstić information content (AvgIpc) is 2.72. The lowest BCUT2D eigenvalue weighted by Gasteiger charge is -2.10. The minimum Gasteiger partial charge on any atom is -0.483 e. The third kappa shape index (κ3) is 7.08. The summed E-state index contributed by atoms with van der Waals surface area (Å²) in [7, 11) is 1.30. The fourth-order valence-electron chi connectivity index (χ4n) is 2.24. The van der Waals surface area contributed by atoms with Crippen LogP contribution < -0.4 is 10.1 Å². The molecule has 1 amide bonds. The van der Waals surface area contributed by atoms with Crippen LogP contribution in [0.1, 0.15) is 22.8 Å². The zero-order chi connectivity index (χ0) is 21.2. The smallest absolute Gasteiger partial charge is 0.337 e. The van der Waals surface area contributed by atoms with Gasteiger partial charge in [0, 0.05) is 11.8 Å². The van der Waals surface area contributed by atoms with Crippen molar-refractivity contribution in [2.75, 3.05) is 25.6 Å². The van der Waals surface area contributed by atoms with Crippen LogP contribution in [0.3, 0.4) is 0 Å². The fourth-order valence-corrected chi connectivity index (χ4v) is 2.73. The SMILES string of the molecule is CCOC(=O)/C=C/c1ccc(NC(=O)COc2ccc(C(=O)OC)cc2Br)cc1. The normalized spacial score (nSPS) is 10.4. The van der Waals surface area contributed by atoms with Crippen LogP contribution in [0.25, 0.3) is 6.08 Å². The van der Waals surface area contributed by atoms with Gasteiger partial charge >= 0.3 is 11.9 Å². The number of amides is 1. The average molecular weight is 462 g/mol. The molecular weight excluding hydrogens is 442 g/mol. The van der Waals surface area contributed by atoms with Crippen LogP contribution in [0.5, 0.6) is 5.75 Å². The Morgan fingerprint density at radius 2 is 1.83 bits per heavy atom. The van der Waals surface area contributed by atoms with Crippen molar-refractivity contribution in [3.8, 4) is 5.75 Å². The van der Waals surface area contributed by atoms with Gasteiger partial charge in [-0.2, -0.15) is 0 Å². The van der Waals surface area contributed by atoms with E-state index in [1.54, 1.807) is 55.5 Å². The number of ether oxygens (including phenoxy) is 3. The molecule has 0 aliphatic carbocycles. The highest BCUT2D eigenvalue weighted by atomic mass is 79.9. The second-order valence-corrected chi connectivity index (χ2v) is 6.54. The summed E-state index contributed by atoms with van der Waals surface area (Å²) in [5.41, 5.74) is 1.75. The molecule has 0 saturated carbocycles. The monoisotopic (exact) mass is 461 g/mol. The van der Waals surface area contributed by atoms with E-state index >= 15 is 0 Å². The highest BCUT2D eigenvalue weighted by molar-refractivity contribution is 9.10. The van der Waals surface area contributed by atoms with Crippen LogP contribution in [0, 0.1) is 0 Å². The van der Waals surface area contributed by atoms with Gasteiger partial charge < -0.3 is 19.5 Å². The molecule has 0 aliphatic heterocycles. The molecule has 0 radical (unpaired) electrons. The van der Waals surface area contributed by atoms with Crippen molar-refractivity contribution in [3.05, 3.63) is 64.1 Å². The summed E-state index contributed by atoms with van der Waals surface area (Å²) >= 11 is 3.30. The number of benzene rings is 2. The summed E-state index contributed by atoms with van der Waals surface area (Å²) < 4.78 is 15.5. The van der Waals surface area contributed by atoms with E-state index in [2.05, 4.69) is 26.0 Å². The maximum absolute atomic E-state index is 12.1. The lowest BCUT2D eigenvalue weighted by Crippen LogP contribution is -2.20. The molecule has 29 heavy (non-hydrogen) atoms. The summed E-state index contributed by atoms with van der Waals surface area (Å²) in [4.78, 5) is 34.9. The number of anilines is 1. The Kier molecular flexibility index (Phi) is 8.42. The first-order chi connectivity index (χ1) is 13.9. The van der Waals surface area contributed by atoms with Gasteiger partial charge in [-0.25, -0.2) is 9.59 Å². The van der Waals surface area contributed by atoms with Gasteiger partial charge in [-0.1, -0.05) is 12.1 Å². The van der Waals surface area contributed by atoms with Gasteiger partial charge in [-0.05, 0) is 64.8 Å². The van der Waals surface area contributed by atoms with Crippen molar-refractivity contribution in [1.82, 2.24) is 0 Å². The molecule has 2 aromatic carbocycles. The molecule has 8 heteroatoms. The molecule has 7 nitrogen and oxygen atoms in total. The summed E-state index contributed by atoms with van der Waals surface area (Å²) in [5.74, 6) is -0.792. The van der Waals surface area contributed by atoms with Crippen molar-refractivity contribution in [1.29, 1.82) is 0 Å². The van der Waals surface area contributed by atoms with E-state index in [0.29, 0.717) is 28.1 Å². The zero-order valence-electron chi connectivity index (χ0n) is 15.9. The number of hydrogen-bond acceptors (Lipinski definition) is 6. The molecule has 0 unspecified atom stereocenters. The third-order valence-electron chi connectivity index (χ3n) is 3.60. The molecule has 2 rings (SSSR count). The first-order valence-electron chi connectivity index (χ1n) is 8.68. The molecule has 0 spiro atoms. The summed E-state index contributed by atoms with van der Waals surface area (Å²) in [6.07, 6.45) is 2.97. The van der Waals surface area contributed by atoms with Gasteiger partial charge in [-0.3, -0.25) is 4.79 Å².